The van der Waals surface area contributed by atoms with E-state index in [9.17, 15) is 4.79 Å². The van der Waals surface area contributed by atoms with Gasteiger partial charge >= 0.3 is 0 Å². The van der Waals surface area contributed by atoms with Gasteiger partial charge in [-0.15, -0.1) is 24.8 Å². The summed E-state index contributed by atoms with van der Waals surface area (Å²) in [6, 6.07) is 0.655. The highest BCUT2D eigenvalue weighted by Gasteiger charge is 2.33. The second-order valence-electron chi connectivity index (χ2n) is 6.86. The van der Waals surface area contributed by atoms with E-state index < -0.39 is 0 Å². The maximum Gasteiger partial charge on any atom is 0.223 e. The van der Waals surface area contributed by atoms with Crippen LogP contribution in [-0.2, 0) is 9.53 Å². The minimum atomic E-state index is 0. The van der Waals surface area contributed by atoms with Gasteiger partial charge in [-0.05, 0) is 31.6 Å². The monoisotopic (exact) mass is 367 g/mol. The molecule has 0 aromatic heterocycles. The van der Waals surface area contributed by atoms with Crippen LogP contribution in [-0.4, -0.2) is 67.2 Å². The predicted octanol–water partition coefficient (Wildman–Crippen LogP) is 1.67. The number of ether oxygens (including phenoxy) is 1. The Morgan fingerprint density at radius 2 is 1.78 bits per heavy atom. The minimum absolute atomic E-state index is 0. The molecule has 1 aliphatic carbocycles. The molecule has 2 heterocycles. The molecule has 0 radical (unpaired) electrons. The number of halogens is 2. The van der Waals surface area contributed by atoms with Crippen molar-refractivity contribution < 1.29 is 9.53 Å². The average Bonchev–Trinajstić information content (AvgIpc) is 3.10. The molecule has 136 valence electrons. The molecule has 2 saturated heterocycles. The number of morpholine rings is 1. The second-order valence-corrected chi connectivity index (χ2v) is 6.86. The molecular formula is C16H31Cl2N3O2. The smallest absolute Gasteiger partial charge is 0.223 e. The summed E-state index contributed by atoms with van der Waals surface area (Å²) < 4.78 is 5.40. The number of amides is 1. The van der Waals surface area contributed by atoms with Crippen LogP contribution >= 0.6 is 24.8 Å². The Bertz CT molecular complexity index is 367. The summed E-state index contributed by atoms with van der Waals surface area (Å²) in [7, 11) is 0. The highest BCUT2D eigenvalue weighted by atomic mass is 35.5. The third-order valence-corrected chi connectivity index (χ3v) is 5.42. The molecular weight excluding hydrogens is 337 g/mol. The van der Waals surface area contributed by atoms with Gasteiger partial charge in [0.15, 0.2) is 0 Å². The fourth-order valence-electron chi connectivity index (χ4n) is 4.10. The van der Waals surface area contributed by atoms with Crippen LogP contribution in [0.25, 0.3) is 0 Å². The van der Waals surface area contributed by atoms with Crippen molar-refractivity contribution >= 4 is 30.7 Å². The lowest BCUT2D eigenvalue weighted by molar-refractivity contribution is -0.133. The first-order valence-corrected chi connectivity index (χ1v) is 8.59. The molecule has 2 N–H and O–H groups in total. The number of hydrogen-bond acceptors (Lipinski definition) is 4. The lowest BCUT2D eigenvalue weighted by atomic mass is 9.99. The maximum absolute atomic E-state index is 12.6. The van der Waals surface area contributed by atoms with Crippen LogP contribution in [0.2, 0.25) is 0 Å². The van der Waals surface area contributed by atoms with E-state index in [0.29, 0.717) is 24.3 Å². The first-order valence-electron chi connectivity index (χ1n) is 8.59. The Kier molecular flexibility index (Phi) is 9.16. The summed E-state index contributed by atoms with van der Waals surface area (Å²) in [4.78, 5) is 17.2. The van der Waals surface area contributed by atoms with Gasteiger partial charge in [-0.3, -0.25) is 9.69 Å². The largest absolute Gasteiger partial charge is 0.379 e. The Labute approximate surface area is 152 Å². The predicted molar refractivity (Wildman–Crippen MR) is 96.4 cm³/mol. The van der Waals surface area contributed by atoms with Crippen molar-refractivity contribution in [2.75, 3.05) is 39.4 Å². The van der Waals surface area contributed by atoms with Crippen molar-refractivity contribution in [3.63, 3.8) is 0 Å². The highest BCUT2D eigenvalue weighted by Crippen LogP contribution is 2.29. The molecule has 1 saturated carbocycles. The van der Waals surface area contributed by atoms with Gasteiger partial charge in [0, 0.05) is 44.7 Å². The normalized spacial score (nSPS) is 31.5. The van der Waals surface area contributed by atoms with Gasteiger partial charge in [-0.1, -0.05) is 6.42 Å². The van der Waals surface area contributed by atoms with Crippen molar-refractivity contribution in [3.05, 3.63) is 0 Å². The number of hydrogen-bond donors (Lipinski definition) is 1. The molecule has 3 rings (SSSR count). The van der Waals surface area contributed by atoms with Crippen LogP contribution < -0.4 is 5.73 Å². The van der Waals surface area contributed by atoms with E-state index in [1.807, 2.05) is 0 Å². The SMILES string of the molecule is Cl.Cl.N[C@@H]1CCC[C@H]1CC(=O)N1CCCC1CN1CCOCC1. The van der Waals surface area contributed by atoms with Gasteiger partial charge in [-0.2, -0.15) is 0 Å². The minimum Gasteiger partial charge on any atom is -0.379 e. The summed E-state index contributed by atoms with van der Waals surface area (Å²) in [5, 5.41) is 0. The van der Waals surface area contributed by atoms with Gasteiger partial charge in [-0.25, -0.2) is 0 Å². The molecule has 5 nitrogen and oxygen atoms in total. The molecule has 0 bridgehead atoms. The van der Waals surface area contributed by atoms with Gasteiger partial charge in [0.05, 0.1) is 13.2 Å². The molecule has 0 aromatic carbocycles. The molecule has 1 amide bonds. The van der Waals surface area contributed by atoms with Crippen molar-refractivity contribution in [1.29, 1.82) is 0 Å². The first kappa shape index (κ1) is 21.0. The number of nitrogens with zero attached hydrogens (tertiary/aromatic N) is 2. The third kappa shape index (κ3) is 5.46. The van der Waals surface area contributed by atoms with Crippen molar-refractivity contribution in [2.45, 2.75) is 50.6 Å². The molecule has 7 heteroatoms. The topological polar surface area (TPSA) is 58.8 Å². The van der Waals surface area contributed by atoms with Gasteiger partial charge in [0.1, 0.15) is 0 Å². The Morgan fingerprint density at radius 1 is 1.04 bits per heavy atom. The van der Waals surface area contributed by atoms with E-state index in [4.69, 9.17) is 10.5 Å². The summed E-state index contributed by atoms with van der Waals surface area (Å²) in [6.07, 6.45) is 6.39. The van der Waals surface area contributed by atoms with Crippen LogP contribution in [0, 0.1) is 5.92 Å². The average molecular weight is 368 g/mol. The van der Waals surface area contributed by atoms with Crippen molar-refractivity contribution in [3.8, 4) is 0 Å². The van der Waals surface area contributed by atoms with Crippen LogP contribution in [0.4, 0.5) is 0 Å². The Balaban J connectivity index is 0.00000132. The summed E-state index contributed by atoms with van der Waals surface area (Å²) in [6.45, 7) is 5.63. The van der Waals surface area contributed by atoms with Gasteiger partial charge < -0.3 is 15.4 Å². The van der Waals surface area contributed by atoms with E-state index in [1.165, 1.54) is 6.42 Å². The molecule has 2 aliphatic heterocycles. The van der Waals surface area contributed by atoms with Crippen LogP contribution in [0.1, 0.15) is 38.5 Å². The van der Waals surface area contributed by atoms with Gasteiger partial charge in [0.25, 0.3) is 0 Å². The molecule has 3 fully saturated rings. The fourth-order valence-corrected chi connectivity index (χ4v) is 4.10. The fraction of sp³-hybridized carbons (Fsp3) is 0.938. The third-order valence-electron chi connectivity index (χ3n) is 5.42. The Morgan fingerprint density at radius 3 is 2.43 bits per heavy atom. The quantitative estimate of drug-likeness (QED) is 0.820. The summed E-state index contributed by atoms with van der Waals surface area (Å²) in [5.74, 6) is 0.759. The first-order chi connectivity index (χ1) is 10.2. The van der Waals surface area contributed by atoms with E-state index in [0.717, 1.165) is 65.1 Å². The standard InChI is InChI=1S/C16H29N3O2.2ClH/c17-15-5-1-3-13(15)11-16(20)19-6-2-4-14(19)12-18-7-9-21-10-8-18;;/h13-15H,1-12,17H2;2*1H/t13-,14?,15+;;/m0../s1. The van der Waals surface area contributed by atoms with Gasteiger partial charge in [0.2, 0.25) is 5.91 Å². The molecule has 0 aromatic rings. The van der Waals surface area contributed by atoms with E-state index >= 15 is 0 Å². The lowest BCUT2D eigenvalue weighted by Crippen LogP contribution is -2.47. The zero-order chi connectivity index (χ0) is 14.7. The van der Waals surface area contributed by atoms with E-state index in [-0.39, 0.29) is 30.9 Å². The highest BCUT2D eigenvalue weighted by molar-refractivity contribution is 5.85. The number of rotatable bonds is 4. The van der Waals surface area contributed by atoms with Crippen molar-refractivity contribution in [1.82, 2.24) is 9.80 Å². The molecule has 1 unspecified atom stereocenters. The maximum atomic E-state index is 12.6. The van der Waals surface area contributed by atoms with Crippen molar-refractivity contribution in [2.24, 2.45) is 11.7 Å². The molecule has 3 atom stereocenters. The lowest BCUT2D eigenvalue weighted by Gasteiger charge is -2.33. The van der Waals surface area contributed by atoms with Crippen LogP contribution in [0.3, 0.4) is 0 Å². The number of likely N-dealkylation sites (tertiary alicyclic amines) is 1. The van der Waals surface area contributed by atoms with E-state index in [2.05, 4.69) is 9.80 Å². The molecule has 23 heavy (non-hydrogen) atoms. The second kappa shape index (κ2) is 10.0. The molecule has 3 aliphatic rings. The van der Waals surface area contributed by atoms with Crippen LogP contribution in [0.15, 0.2) is 0 Å². The molecule has 0 spiro atoms. The number of carbonyl (C=O) groups is 1. The zero-order valence-corrected chi connectivity index (χ0v) is 15.5. The number of nitrogens with two attached hydrogens (primary N) is 1. The Hall–Kier alpha value is -0.0700. The van der Waals surface area contributed by atoms with E-state index in [1.54, 1.807) is 0 Å². The van der Waals surface area contributed by atoms with Crippen LogP contribution in [0.5, 0.6) is 0 Å². The summed E-state index contributed by atoms with van der Waals surface area (Å²) in [5.41, 5.74) is 6.12. The zero-order valence-electron chi connectivity index (χ0n) is 13.8. The summed E-state index contributed by atoms with van der Waals surface area (Å²) >= 11 is 0. The number of carbonyl (C=O) groups excluding carboxylic acids is 1.